The smallest absolute Gasteiger partial charge is 0.0991 e. The Labute approximate surface area is 131 Å². The van der Waals surface area contributed by atoms with E-state index in [2.05, 4.69) is 61.0 Å². The Morgan fingerprint density at radius 1 is 0.727 bits per heavy atom. The summed E-state index contributed by atoms with van der Waals surface area (Å²) in [5.74, 6) is 0. The third-order valence-corrected chi connectivity index (χ3v) is 3.67. The summed E-state index contributed by atoms with van der Waals surface area (Å²) in [6.45, 7) is 0. The van der Waals surface area contributed by atoms with Gasteiger partial charge in [-0.1, -0.05) is 66.7 Å². The van der Waals surface area contributed by atoms with Crippen LogP contribution < -0.4 is 0 Å². The highest BCUT2D eigenvalue weighted by atomic mass is 14.2. The Kier molecular flexibility index (Phi) is 4.32. The maximum atomic E-state index is 8.80. The Morgan fingerprint density at radius 2 is 1.36 bits per heavy atom. The zero-order chi connectivity index (χ0) is 15.2. The van der Waals surface area contributed by atoms with Gasteiger partial charge in [0.25, 0.3) is 0 Å². The van der Waals surface area contributed by atoms with E-state index in [1.54, 1.807) is 0 Å². The number of benzene rings is 3. The first-order valence-electron chi connectivity index (χ1n) is 7.33. The molecule has 0 aliphatic heterocycles. The van der Waals surface area contributed by atoms with Gasteiger partial charge in [0, 0.05) is 0 Å². The summed E-state index contributed by atoms with van der Waals surface area (Å²) in [6.07, 6.45) is 3.07. The fourth-order valence-electron chi connectivity index (χ4n) is 2.39. The molecule has 0 saturated heterocycles. The first kappa shape index (κ1) is 14.1. The minimum absolute atomic E-state index is 0.698. The average Bonchev–Trinajstić information content (AvgIpc) is 2.61. The van der Waals surface area contributed by atoms with Crippen LogP contribution in [0.15, 0.2) is 78.9 Å². The Balaban J connectivity index is 1.65. The van der Waals surface area contributed by atoms with Crippen LogP contribution in [0.4, 0.5) is 0 Å². The van der Waals surface area contributed by atoms with Gasteiger partial charge in [0.15, 0.2) is 0 Å². The van der Waals surface area contributed by atoms with Crippen molar-refractivity contribution in [3.63, 3.8) is 0 Å². The molecule has 0 unspecified atom stereocenters. The molecule has 0 atom stereocenters. The molecule has 1 radical (unpaired) electrons. The molecule has 0 bridgehead atoms. The fourth-order valence-corrected chi connectivity index (χ4v) is 2.39. The standard InChI is InChI=1S/C21H16N/c22-16-19-10-8-17(9-11-19)6-7-18-12-14-21(15-13-18)20-4-2-1-3-5-20/h1-6,8-15H,7H2. The summed E-state index contributed by atoms with van der Waals surface area (Å²) in [7, 11) is 0. The molecule has 0 aliphatic carbocycles. The summed E-state index contributed by atoms with van der Waals surface area (Å²) >= 11 is 0. The number of nitriles is 1. The van der Waals surface area contributed by atoms with Crippen LogP contribution in [-0.2, 0) is 6.42 Å². The highest BCUT2D eigenvalue weighted by Crippen LogP contribution is 2.20. The van der Waals surface area contributed by atoms with Gasteiger partial charge in [-0.25, -0.2) is 0 Å². The van der Waals surface area contributed by atoms with Crippen LogP contribution in [0, 0.1) is 17.8 Å². The third-order valence-electron chi connectivity index (χ3n) is 3.67. The van der Waals surface area contributed by atoms with Crippen molar-refractivity contribution in [2.24, 2.45) is 0 Å². The SMILES string of the molecule is N#Cc1ccc([CH]Cc2ccc(-c3ccccc3)cc2)cc1. The second-order valence-electron chi connectivity index (χ2n) is 5.21. The van der Waals surface area contributed by atoms with E-state index in [1.807, 2.05) is 30.3 Å². The third kappa shape index (κ3) is 3.42. The van der Waals surface area contributed by atoms with Crippen molar-refractivity contribution in [1.29, 1.82) is 5.26 Å². The van der Waals surface area contributed by atoms with E-state index in [-0.39, 0.29) is 0 Å². The number of hydrogen-bond acceptors (Lipinski definition) is 1. The average molecular weight is 282 g/mol. The summed E-state index contributed by atoms with van der Waals surface area (Å²) in [6, 6.07) is 28.9. The van der Waals surface area contributed by atoms with E-state index in [0.717, 1.165) is 12.0 Å². The highest BCUT2D eigenvalue weighted by molar-refractivity contribution is 5.63. The molecule has 1 heteroatoms. The van der Waals surface area contributed by atoms with Gasteiger partial charge in [0.05, 0.1) is 11.6 Å². The summed E-state index contributed by atoms with van der Waals surface area (Å²) in [5, 5.41) is 8.80. The summed E-state index contributed by atoms with van der Waals surface area (Å²) in [5.41, 5.74) is 5.60. The van der Waals surface area contributed by atoms with Crippen molar-refractivity contribution in [3.05, 3.63) is 102 Å². The topological polar surface area (TPSA) is 23.8 Å². The second-order valence-corrected chi connectivity index (χ2v) is 5.21. The van der Waals surface area contributed by atoms with Gasteiger partial charge in [-0.2, -0.15) is 5.26 Å². The molecule has 3 rings (SSSR count). The van der Waals surface area contributed by atoms with Crippen LogP contribution in [0.5, 0.6) is 0 Å². The van der Waals surface area contributed by atoms with Crippen molar-refractivity contribution in [2.75, 3.05) is 0 Å². The van der Waals surface area contributed by atoms with Crippen LogP contribution in [0.3, 0.4) is 0 Å². The largest absolute Gasteiger partial charge is 0.192 e. The molecule has 3 aromatic rings. The van der Waals surface area contributed by atoms with Crippen molar-refractivity contribution in [3.8, 4) is 17.2 Å². The van der Waals surface area contributed by atoms with E-state index in [1.165, 1.54) is 16.7 Å². The lowest BCUT2D eigenvalue weighted by atomic mass is 10.00. The molecule has 0 aliphatic rings. The van der Waals surface area contributed by atoms with Gasteiger partial charge in [-0.3, -0.25) is 0 Å². The normalized spacial score (nSPS) is 10.1. The molecule has 3 aromatic carbocycles. The summed E-state index contributed by atoms with van der Waals surface area (Å²) < 4.78 is 0. The van der Waals surface area contributed by atoms with Crippen molar-refractivity contribution in [1.82, 2.24) is 0 Å². The van der Waals surface area contributed by atoms with Crippen molar-refractivity contribution in [2.45, 2.75) is 6.42 Å². The van der Waals surface area contributed by atoms with Gasteiger partial charge in [-0.05, 0) is 47.2 Å². The van der Waals surface area contributed by atoms with E-state index in [9.17, 15) is 0 Å². The van der Waals surface area contributed by atoms with Crippen LogP contribution in [0.2, 0.25) is 0 Å². The quantitative estimate of drug-likeness (QED) is 0.659. The lowest BCUT2D eigenvalue weighted by Crippen LogP contribution is -1.89. The van der Waals surface area contributed by atoms with Crippen LogP contribution in [0.1, 0.15) is 16.7 Å². The fraction of sp³-hybridized carbons (Fsp3) is 0.0476. The lowest BCUT2D eigenvalue weighted by Gasteiger charge is -2.05. The molecule has 0 aromatic heterocycles. The Bertz CT molecular complexity index is 763. The maximum absolute atomic E-state index is 8.80. The Morgan fingerprint density at radius 3 is 2.00 bits per heavy atom. The summed E-state index contributed by atoms with van der Waals surface area (Å²) in [4.78, 5) is 0. The molecule has 0 saturated carbocycles. The maximum Gasteiger partial charge on any atom is 0.0991 e. The minimum Gasteiger partial charge on any atom is -0.192 e. The number of rotatable bonds is 4. The van der Waals surface area contributed by atoms with Crippen LogP contribution >= 0.6 is 0 Å². The van der Waals surface area contributed by atoms with E-state index in [4.69, 9.17) is 5.26 Å². The van der Waals surface area contributed by atoms with Gasteiger partial charge in [-0.15, -0.1) is 0 Å². The number of nitrogens with zero attached hydrogens (tertiary/aromatic N) is 1. The molecule has 0 heterocycles. The van der Waals surface area contributed by atoms with Gasteiger partial charge < -0.3 is 0 Å². The van der Waals surface area contributed by atoms with E-state index < -0.39 is 0 Å². The minimum atomic E-state index is 0.698. The molecule has 0 spiro atoms. The predicted molar refractivity (Wildman–Crippen MR) is 90.1 cm³/mol. The predicted octanol–water partition coefficient (Wildman–Crippen LogP) is 5.02. The van der Waals surface area contributed by atoms with Crippen molar-refractivity contribution < 1.29 is 0 Å². The second kappa shape index (κ2) is 6.74. The van der Waals surface area contributed by atoms with E-state index >= 15 is 0 Å². The Hall–Kier alpha value is -2.85. The molecule has 1 nitrogen and oxygen atoms in total. The van der Waals surface area contributed by atoms with Gasteiger partial charge in [0.2, 0.25) is 0 Å². The molecule has 0 amide bonds. The van der Waals surface area contributed by atoms with Gasteiger partial charge >= 0.3 is 0 Å². The van der Waals surface area contributed by atoms with Crippen molar-refractivity contribution >= 4 is 0 Å². The molecular formula is C21H16N. The zero-order valence-electron chi connectivity index (χ0n) is 12.2. The molecule has 22 heavy (non-hydrogen) atoms. The monoisotopic (exact) mass is 282 g/mol. The zero-order valence-corrected chi connectivity index (χ0v) is 12.2. The number of hydrogen-bond donors (Lipinski definition) is 0. The van der Waals surface area contributed by atoms with Crippen LogP contribution in [-0.4, -0.2) is 0 Å². The molecule has 105 valence electrons. The molecule has 0 fully saturated rings. The van der Waals surface area contributed by atoms with Gasteiger partial charge in [0.1, 0.15) is 0 Å². The highest BCUT2D eigenvalue weighted by Gasteiger charge is 1.99. The van der Waals surface area contributed by atoms with Crippen LogP contribution in [0.25, 0.3) is 11.1 Å². The first-order chi connectivity index (χ1) is 10.8. The van der Waals surface area contributed by atoms with E-state index in [0.29, 0.717) is 5.56 Å². The first-order valence-corrected chi connectivity index (χ1v) is 7.33. The molecular weight excluding hydrogens is 266 g/mol. The lowest BCUT2D eigenvalue weighted by molar-refractivity contribution is 1.17. The molecule has 0 N–H and O–H groups in total.